The van der Waals surface area contributed by atoms with Crippen molar-refractivity contribution in [1.29, 1.82) is 0 Å². The molecule has 0 amide bonds. The lowest BCUT2D eigenvalue weighted by Crippen LogP contribution is -2.47. The molecule has 1 aliphatic rings. The topological polar surface area (TPSA) is 249 Å². The highest BCUT2D eigenvalue weighted by Crippen LogP contribution is 2.09. The SMILES string of the molecule is C[C@H](N)C(=O)OC(=O)[C@@H](N)[C@@H](C)OC(=O)[C@@H]1CCCN1.NCC(=O)OC[C@H](N)C(=O)O. The van der Waals surface area contributed by atoms with Crippen LogP contribution in [0.4, 0.5) is 0 Å². The third kappa shape index (κ3) is 11.4. The molecule has 1 heterocycles. The van der Waals surface area contributed by atoms with E-state index in [1.165, 1.54) is 13.8 Å². The second kappa shape index (κ2) is 14.4. The van der Waals surface area contributed by atoms with Gasteiger partial charge < -0.3 is 47.6 Å². The van der Waals surface area contributed by atoms with E-state index in [0.717, 1.165) is 13.0 Å². The van der Waals surface area contributed by atoms with Crippen LogP contribution in [0.2, 0.25) is 0 Å². The number of carbonyl (C=O) groups excluding carboxylic acids is 4. The van der Waals surface area contributed by atoms with Crippen molar-refractivity contribution in [1.82, 2.24) is 5.32 Å². The van der Waals surface area contributed by atoms with Gasteiger partial charge in [0.2, 0.25) is 0 Å². The molecule has 0 aromatic rings. The van der Waals surface area contributed by atoms with E-state index in [4.69, 9.17) is 32.8 Å². The molecule has 10 N–H and O–H groups in total. The van der Waals surface area contributed by atoms with Crippen LogP contribution >= 0.6 is 0 Å². The largest absolute Gasteiger partial charge is 0.480 e. The molecule has 5 atom stereocenters. The summed E-state index contributed by atoms with van der Waals surface area (Å²) in [4.78, 5) is 54.9. The number of rotatable bonds is 9. The van der Waals surface area contributed by atoms with Crippen LogP contribution in [0.25, 0.3) is 0 Å². The number of aliphatic carboxylic acids is 1. The fourth-order valence-electron chi connectivity index (χ4n) is 1.99. The number of ether oxygens (including phenoxy) is 3. The highest BCUT2D eigenvalue weighted by molar-refractivity contribution is 5.91. The molecule has 0 aromatic carbocycles. The quantitative estimate of drug-likeness (QED) is 0.113. The Kier molecular flexibility index (Phi) is 13.1. The van der Waals surface area contributed by atoms with Crippen LogP contribution in [-0.2, 0) is 38.2 Å². The van der Waals surface area contributed by atoms with Crippen molar-refractivity contribution in [3.05, 3.63) is 0 Å². The van der Waals surface area contributed by atoms with E-state index in [0.29, 0.717) is 6.42 Å². The van der Waals surface area contributed by atoms with Crippen LogP contribution < -0.4 is 28.3 Å². The first-order valence-electron chi connectivity index (χ1n) is 9.45. The van der Waals surface area contributed by atoms with Crippen LogP contribution in [0.5, 0.6) is 0 Å². The van der Waals surface area contributed by atoms with Crippen LogP contribution in [-0.4, -0.2) is 84.9 Å². The number of carboxylic acids is 1. The molecule has 14 nitrogen and oxygen atoms in total. The van der Waals surface area contributed by atoms with Gasteiger partial charge in [0.25, 0.3) is 0 Å². The van der Waals surface area contributed by atoms with Gasteiger partial charge in [-0.1, -0.05) is 0 Å². The molecule has 0 spiro atoms. The fourth-order valence-corrected chi connectivity index (χ4v) is 1.99. The van der Waals surface area contributed by atoms with E-state index >= 15 is 0 Å². The first-order chi connectivity index (χ1) is 14.4. The molecule has 1 aliphatic heterocycles. The predicted octanol–water partition coefficient (Wildman–Crippen LogP) is -3.69. The van der Waals surface area contributed by atoms with E-state index in [1.54, 1.807) is 0 Å². The van der Waals surface area contributed by atoms with Crippen LogP contribution in [0.15, 0.2) is 0 Å². The molecule has 178 valence electrons. The second-order valence-corrected chi connectivity index (χ2v) is 6.68. The maximum absolute atomic E-state index is 11.7. The molecule has 0 bridgehead atoms. The van der Waals surface area contributed by atoms with Crippen molar-refractivity contribution in [2.75, 3.05) is 19.7 Å². The third-order valence-corrected chi connectivity index (χ3v) is 3.91. The van der Waals surface area contributed by atoms with Gasteiger partial charge in [-0.25, -0.2) is 9.59 Å². The third-order valence-electron chi connectivity index (χ3n) is 3.91. The number of nitrogens with two attached hydrogens (primary N) is 4. The predicted molar refractivity (Wildman–Crippen MR) is 105 cm³/mol. The molecular weight excluding hydrogens is 418 g/mol. The lowest BCUT2D eigenvalue weighted by atomic mass is 10.2. The number of carboxylic acid groups (broad SMARTS) is 1. The Morgan fingerprint density at radius 2 is 1.71 bits per heavy atom. The number of esters is 4. The average molecular weight is 449 g/mol. The number of hydrogen-bond acceptors (Lipinski definition) is 13. The molecule has 0 aromatic heterocycles. The summed E-state index contributed by atoms with van der Waals surface area (Å²) in [6, 6.07) is -3.70. The van der Waals surface area contributed by atoms with E-state index in [-0.39, 0.29) is 19.2 Å². The maximum Gasteiger partial charge on any atom is 0.334 e. The molecule has 0 saturated carbocycles. The number of hydrogen-bond donors (Lipinski definition) is 6. The van der Waals surface area contributed by atoms with Crippen LogP contribution in [0.1, 0.15) is 26.7 Å². The number of nitrogens with one attached hydrogen (secondary N) is 1. The first kappa shape index (κ1) is 28.4. The minimum absolute atomic E-state index is 0.271. The number of carbonyl (C=O) groups is 5. The Morgan fingerprint density at radius 3 is 2.16 bits per heavy atom. The summed E-state index contributed by atoms with van der Waals surface area (Å²) in [6.45, 7) is 2.99. The lowest BCUT2D eigenvalue weighted by molar-refractivity contribution is -0.165. The Morgan fingerprint density at radius 1 is 1.10 bits per heavy atom. The van der Waals surface area contributed by atoms with Crippen molar-refractivity contribution in [3.8, 4) is 0 Å². The summed E-state index contributed by atoms with van der Waals surface area (Å²) in [5.41, 5.74) is 20.7. The van der Waals surface area contributed by atoms with Gasteiger partial charge in [-0.05, 0) is 33.2 Å². The minimum Gasteiger partial charge on any atom is -0.480 e. The van der Waals surface area contributed by atoms with Gasteiger partial charge in [-0.2, -0.15) is 0 Å². The van der Waals surface area contributed by atoms with Crippen molar-refractivity contribution < 1.29 is 43.3 Å². The summed E-state index contributed by atoms with van der Waals surface area (Å²) in [7, 11) is 0. The fraction of sp³-hybridized carbons (Fsp3) is 0.706. The van der Waals surface area contributed by atoms with Crippen molar-refractivity contribution in [2.45, 2.75) is 57.0 Å². The Balaban J connectivity index is 0.000000695. The van der Waals surface area contributed by atoms with Gasteiger partial charge in [-0.3, -0.25) is 14.4 Å². The minimum atomic E-state index is -1.23. The van der Waals surface area contributed by atoms with Gasteiger partial charge in [-0.15, -0.1) is 0 Å². The zero-order valence-corrected chi connectivity index (χ0v) is 17.4. The van der Waals surface area contributed by atoms with Gasteiger partial charge >= 0.3 is 29.8 Å². The smallest absolute Gasteiger partial charge is 0.334 e. The molecule has 0 radical (unpaired) electrons. The Hall–Kier alpha value is -2.65. The van der Waals surface area contributed by atoms with Gasteiger partial charge in [0.1, 0.15) is 36.9 Å². The summed E-state index contributed by atoms with van der Waals surface area (Å²) >= 11 is 0. The summed E-state index contributed by atoms with van der Waals surface area (Å²) in [6.07, 6.45) is 0.692. The lowest BCUT2D eigenvalue weighted by Gasteiger charge is -2.20. The molecule has 1 fully saturated rings. The summed E-state index contributed by atoms with van der Waals surface area (Å²) < 4.78 is 13.9. The Bertz CT molecular complexity index is 637. The highest BCUT2D eigenvalue weighted by atomic mass is 16.6. The van der Waals surface area contributed by atoms with E-state index < -0.39 is 54.1 Å². The van der Waals surface area contributed by atoms with Crippen LogP contribution in [0, 0.1) is 0 Å². The van der Waals surface area contributed by atoms with Crippen LogP contribution in [0.3, 0.4) is 0 Å². The molecule has 1 saturated heterocycles. The van der Waals surface area contributed by atoms with Gasteiger partial charge in [0.15, 0.2) is 0 Å². The highest BCUT2D eigenvalue weighted by Gasteiger charge is 2.31. The molecular formula is C17H31N5O9. The zero-order valence-electron chi connectivity index (χ0n) is 17.4. The standard InChI is InChI=1S/C12H21N3O5.C5H10N2O4/c1-6(13)10(16)20-12(18)9(14)7(2)19-11(17)8-4-3-5-15-8;6-1-4(8)11-2-3(7)5(9)10/h6-9,15H,3-5,13-14H2,1-2H3;3H,1-2,6-7H2,(H,9,10)/t6-,7+,8-,9-;3-/m00/s1. The van der Waals surface area contributed by atoms with E-state index in [1.807, 2.05) is 0 Å². The molecule has 31 heavy (non-hydrogen) atoms. The Labute approximate surface area is 178 Å². The first-order valence-corrected chi connectivity index (χ1v) is 9.45. The van der Waals surface area contributed by atoms with E-state index in [9.17, 15) is 24.0 Å². The second-order valence-electron chi connectivity index (χ2n) is 6.68. The zero-order chi connectivity index (χ0) is 24.1. The normalized spacial score (nSPS) is 19.0. The molecule has 0 unspecified atom stereocenters. The monoisotopic (exact) mass is 449 g/mol. The average Bonchev–Trinajstić information content (AvgIpc) is 3.26. The molecule has 0 aliphatic carbocycles. The van der Waals surface area contributed by atoms with Crippen molar-refractivity contribution >= 4 is 29.8 Å². The molecule has 1 rings (SSSR count). The molecule has 14 heteroatoms. The summed E-state index contributed by atoms with van der Waals surface area (Å²) in [5.74, 6) is -4.18. The van der Waals surface area contributed by atoms with Crippen molar-refractivity contribution in [3.63, 3.8) is 0 Å². The van der Waals surface area contributed by atoms with Crippen molar-refractivity contribution in [2.24, 2.45) is 22.9 Å². The summed E-state index contributed by atoms with van der Waals surface area (Å²) in [5, 5.41) is 11.2. The van der Waals surface area contributed by atoms with Gasteiger partial charge in [0, 0.05) is 0 Å². The van der Waals surface area contributed by atoms with E-state index in [2.05, 4.69) is 14.8 Å². The maximum atomic E-state index is 11.7. The van der Waals surface area contributed by atoms with Gasteiger partial charge in [0.05, 0.1) is 6.54 Å².